The van der Waals surface area contributed by atoms with Gasteiger partial charge < -0.3 is 20.3 Å². The first-order valence-corrected chi connectivity index (χ1v) is 12.9. The van der Waals surface area contributed by atoms with Gasteiger partial charge in [0, 0.05) is 43.8 Å². The van der Waals surface area contributed by atoms with E-state index < -0.39 is 5.91 Å². The highest BCUT2D eigenvalue weighted by Crippen LogP contribution is 2.20. The van der Waals surface area contributed by atoms with Gasteiger partial charge in [-0.1, -0.05) is 41.0 Å². The van der Waals surface area contributed by atoms with Crippen molar-refractivity contribution in [3.8, 4) is 17.9 Å². The largest absolute Gasteiger partial charge is 0.497 e. The maximum Gasteiger partial charge on any atom is 0.277 e. The first kappa shape index (κ1) is 28.6. The summed E-state index contributed by atoms with van der Waals surface area (Å²) in [6.45, 7) is 2.70. The van der Waals surface area contributed by atoms with Crippen LogP contribution < -0.4 is 35.0 Å². The molecule has 0 atom stereocenters. The Kier molecular flexibility index (Phi) is 10.3. The molecule has 0 spiro atoms. The van der Waals surface area contributed by atoms with Crippen molar-refractivity contribution in [2.24, 2.45) is 0 Å². The number of likely N-dealkylation sites (N-methyl/N-ethyl adjacent to an activating group) is 1. The molecule has 0 aliphatic rings. The molecule has 0 saturated carbocycles. The summed E-state index contributed by atoms with van der Waals surface area (Å²) >= 11 is 1.07. The summed E-state index contributed by atoms with van der Waals surface area (Å²) in [4.78, 5) is 27.0. The standard InChI is InChI=1S/C29H28N6O3S/c1-4-35-27(18-22(20-31)28(36)33-15-13-30)39-26(29(35)37)11-14-32-23-8-5-7-21(17-23)12-16-34(2)24-9-6-10-25(19-24)38-3/h5-10,14,17,19,32H,4,12,15-16H2,1-3H3,(H,33,36). The molecule has 0 aliphatic heterocycles. The van der Waals surface area contributed by atoms with Crippen LogP contribution in [0.4, 0.5) is 11.4 Å². The zero-order chi connectivity index (χ0) is 28.2. The molecule has 1 aromatic heterocycles. The smallest absolute Gasteiger partial charge is 0.277 e. The van der Waals surface area contributed by atoms with E-state index in [1.54, 1.807) is 32.4 Å². The third kappa shape index (κ3) is 7.75. The number of nitriles is 2. The van der Waals surface area contributed by atoms with Crippen molar-refractivity contribution in [1.29, 1.82) is 10.5 Å². The second-order valence-electron chi connectivity index (χ2n) is 8.24. The average Bonchev–Trinajstić information content (AvgIpc) is 3.26. The minimum absolute atomic E-state index is 0.232. The molecule has 3 aromatic rings. The Balaban J connectivity index is 1.80. The number of anilines is 2. The van der Waals surface area contributed by atoms with Crippen LogP contribution in [0.5, 0.6) is 5.75 Å². The van der Waals surface area contributed by atoms with Gasteiger partial charge in [-0.25, -0.2) is 0 Å². The molecule has 1 amide bonds. The Hall–Kier alpha value is -4.98. The lowest BCUT2D eigenvalue weighted by atomic mass is 10.1. The van der Waals surface area contributed by atoms with Crippen LogP contribution in [0.3, 0.4) is 0 Å². The summed E-state index contributed by atoms with van der Waals surface area (Å²) in [6, 6.07) is 19.5. The summed E-state index contributed by atoms with van der Waals surface area (Å²) in [6.07, 6.45) is 2.39. The molecule has 0 unspecified atom stereocenters. The van der Waals surface area contributed by atoms with Crippen molar-refractivity contribution in [2.75, 3.05) is 37.5 Å². The number of thiazole rings is 1. The van der Waals surface area contributed by atoms with E-state index in [0.717, 1.165) is 47.0 Å². The van der Waals surface area contributed by atoms with Gasteiger partial charge in [-0.2, -0.15) is 10.5 Å². The molecular weight excluding hydrogens is 512 g/mol. The van der Waals surface area contributed by atoms with Crippen molar-refractivity contribution in [3.63, 3.8) is 0 Å². The molecule has 0 saturated heterocycles. The fourth-order valence-electron chi connectivity index (χ4n) is 3.61. The van der Waals surface area contributed by atoms with Gasteiger partial charge in [-0.15, -0.1) is 0 Å². The third-order valence-electron chi connectivity index (χ3n) is 5.70. The number of aromatic nitrogens is 1. The minimum Gasteiger partial charge on any atom is -0.497 e. The van der Waals surface area contributed by atoms with Gasteiger partial charge >= 0.3 is 0 Å². The van der Waals surface area contributed by atoms with Crippen LogP contribution in [-0.2, 0) is 17.8 Å². The normalized spacial score (nSPS) is 9.77. The molecule has 198 valence electrons. The number of hydrogen-bond donors (Lipinski definition) is 2. The number of nitrogens with zero attached hydrogens (tertiary/aromatic N) is 4. The molecule has 2 N–H and O–H groups in total. The Bertz CT molecular complexity index is 1680. The molecule has 2 aromatic carbocycles. The maximum absolute atomic E-state index is 12.8. The van der Waals surface area contributed by atoms with E-state index in [4.69, 9.17) is 10.00 Å². The zero-order valence-corrected chi connectivity index (χ0v) is 22.8. The molecule has 0 radical (unpaired) electrons. The summed E-state index contributed by atoms with van der Waals surface area (Å²) in [7, 11) is 3.69. The van der Waals surface area contributed by atoms with Crippen molar-refractivity contribution in [2.45, 2.75) is 19.9 Å². The molecule has 39 heavy (non-hydrogen) atoms. The van der Waals surface area contributed by atoms with Gasteiger partial charge in [0.2, 0.25) is 0 Å². The van der Waals surface area contributed by atoms with Crippen molar-refractivity contribution >= 4 is 40.1 Å². The van der Waals surface area contributed by atoms with E-state index in [1.165, 1.54) is 4.57 Å². The third-order valence-corrected chi connectivity index (χ3v) is 6.71. The van der Waals surface area contributed by atoms with Crippen molar-refractivity contribution in [3.05, 3.63) is 85.4 Å². The highest BCUT2D eigenvalue weighted by Gasteiger charge is 2.09. The molecule has 10 heteroatoms. The quantitative estimate of drug-likeness (QED) is 0.229. The van der Waals surface area contributed by atoms with Crippen LogP contribution in [0.2, 0.25) is 0 Å². The minimum atomic E-state index is -0.722. The number of carbonyl (C=O) groups is 1. The van der Waals surface area contributed by atoms with E-state index in [-0.39, 0.29) is 17.7 Å². The SMILES string of the molecule is CCn1c(=C=C(C#N)C(=O)NCC#N)sc(=C=CNc2cccc(CCN(C)c3cccc(OC)c3)c2)c1=O. The average molecular weight is 541 g/mol. The molecule has 0 aliphatic carbocycles. The van der Waals surface area contributed by atoms with Crippen LogP contribution in [0.25, 0.3) is 11.5 Å². The summed E-state index contributed by atoms with van der Waals surface area (Å²) in [5, 5.41) is 23.4. The van der Waals surface area contributed by atoms with Crippen LogP contribution in [0.1, 0.15) is 12.5 Å². The highest BCUT2D eigenvalue weighted by atomic mass is 32.1. The predicted molar refractivity (Wildman–Crippen MR) is 153 cm³/mol. The van der Waals surface area contributed by atoms with E-state index in [1.807, 2.05) is 49.5 Å². The second-order valence-corrected chi connectivity index (χ2v) is 9.24. The Morgan fingerprint density at radius 1 is 1.21 bits per heavy atom. The lowest BCUT2D eigenvalue weighted by Gasteiger charge is -2.20. The highest BCUT2D eigenvalue weighted by molar-refractivity contribution is 7.07. The summed E-state index contributed by atoms with van der Waals surface area (Å²) < 4.78 is 7.35. The number of amides is 1. The molecule has 9 nitrogen and oxygen atoms in total. The van der Waals surface area contributed by atoms with Crippen molar-refractivity contribution in [1.82, 2.24) is 9.88 Å². The van der Waals surface area contributed by atoms with Gasteiger partial charge in [0.15, 0.2) is 5.57 Å². The number of methoxy groups -OCH3 is 1. The van der Waals surface area contributed by atoms with Crippen LogP contribution >= 0.6 is 11.3 Å². The van der Waals surface area contributed by atoms with Gasteiger partial charge in [0.1, 0.15) is 27.6 Å². The molecule has 0 fully saturated rings. The Morgan fingerprint density at radius 3 is 2.72 bits per heavy atom. The topological polar surface area (TPSA) is 123 Å². The van der Waals surface area contributed by atoms with Crippen LogP contribution in [-0.4, -0.2) is 37.7 Å². The number of hydrogen-bond acceptors (Lipinski definition) is 8. The Labute approximate surface area is 230 Å². The molecule has 0 bridgehead atoms. The van der Waals surface area contributed by atoms with Crippen LogP contribution in [0.15, 0.2) is 65.1 Å². The summed E-state index contributed by atoms with van der Waals surface area (Å²) in [5.74, 6) is 0.0949. The second kappa shape index (κ2) is 14.1. The maximum atomic E-state index is 12.8. The number of ether oxygens (including phenoxy) is 1. The van der Waals surface area contributed by atoms with Gasteiger partial charge in [0.05, 0.1) is 13.2 Å². The first-order valence-electron chi connectivity index (χ1n) is 12.1. The lowest BCUT2D eigenvalue weighted by molar-refractivity contribution is -0.116. The summed E-state index contributed by atoms with van der Waals surface area (Å²) in [5.41, 5.74) is 8.14. The van der Waals surface area contributed by atoms with Gasteiger partial charge in [-0.05, 0) is 43.2 Å². The Morgan fingerprint density at radius 2 is 2.00 bits per heavy atom. The van der Waals surface area contributed by atoms with Gasteiger partial charge in [-0.3, -0.25) is 14.2 Å². The lowest BCUT2D eigenvalue weighted by Crippen LogP contribution is -2.30. The van der Waals surface area contributed by atoms with E-state index >= 15 is 0 Å². The van der Waals surface area contributed by atoms with E-state index in [0.29, 0.717) is 15.7 Å². The fraction of sp³-hybridized carbons (Fsp3) is 0.241. The molecular formula is C29H28N6O3S. The van der Waals surface area contributed by atoms with E-state index in [9.17, 15) is 14.9 Å². The first-order chi connectivity index (χ1) is 18.9. The number of rotatable bonds is 10. The van der Waals surface area contributed by atoms with Crippen LogP contribution in [0, 0.1) is 22.7 Å². The predicted octanol–water partition coefficient (Wildman–Crippen LogP) is 2.09. The number of carbonyl (C=O) groups excluding carboxylic acids is 1. The van der Waals surface area contributed by atoms with Gasteiger partial charge in [0.25, 0.3) is 11.5 Å². The number of benzene rings is 2. The fourth-order valence-corrected chi connectivity index (χ4v) is 4.59. The molecule has 3 rings (SSSR count). The monoisotopic (exact) mass is 540 g/mol. The zero-order valence-electron chi connectivity index (χ0n) is 21.9. The van der Waals surface area contributed by atoms with Crippen molar-refractivity contribution < 1.29 is 9.53 Å². The van der Waals surface area contributed by atoms with E-state index in [2.05, 4.69) is 33.1 Å². The number of nitrogens with one attached hydrogen (secondary N) is 2. The molecule has 1 heterocycles.